The lowest BCUT2D eigenvalue weighted by molar-refractivity contribution is -0.140. The fourth-order valence-electron chi connectivity index (χ4n) is 2.96. The molecule has 0 saturated heterocycles. The molecule has 0 amide bonds. The monoisotopic (exact) mass is 382 g/mol. The average Bonchev–Trinajstić information content (AvgIpc) is 2.64. The van der Waals surface area contributed by atoms with E-state index in [-0.39, 0.29) is 13.2 Å². The summed E-state index contributed by atoms with van der Waals surface area (Å²) < 4.78 is 16.2. The normalized spacial score (nSPS) is 12.9. The number of hydrogen-bond donors (Lipinski definition) is 0. The lowest BCUT2D eigenvalue weighted by atomic mass is 10.1. The Kier molecular flexibility index (Phi) is 4.46. The van der Waals surface area contributed by atoms with E-state index in [0.29, 0.717) is 27.5 Å². The van der Waals surface area contributed by atoms with Crippen molar-refractivity contribution in [2.24, 2.45) is 0 Å². The van der Waals surface area contributed by atoms with Gasteiger partial charge >= 0.3 is 11.6 Å². The van der Waals surface area contributed by atoms with Crippen molar-refractivity contribution in [2.45, 2.75) is 13.5 Å². The van der Waals surface area contributed by atoms with Gasteiger partial charge in [-0.15, -0.1) is 0 Å². The average molecular weight is 383 g/mol. The van der Waals surface area contributed by atoms with Crippen molar-refractivity contribution < 1.29 is 18.7 Å². The van der Waals surface area contributed by atoms with Crippen LogP contribution in [0.5, 0.6) is 5.75 Å². The zero-order valence-electron chi connectivity index (χ0n) is 14.5. The smallest absolute Gasteiger partial charge is 0.337 e. The van der Waals surface area contributed by atoms with E-state index in [1.807, 2.05) is 19.1 Å². The largest absolute Gasteiger partial charge is 0.488 e. The molecule has 0 spiro atoms. The van der Waals surface area contributed by atoms with Crippen molar-refractivity contribution in [3.05, 3.63) is 80.2 Å². The number of aryl methyl sites for hydroxylation is 1. The van der Waals surface area contributed by atoms with E-state index in [1.54, 1.807) is 30.3 Å². The summed E-state index contributed by atoms with van der Waals surface area (Å²) in [5, 5.41) is 1.29. The number of rotatable bonds is 3. The molecule has 27 heavy (non-hydrogen) atoms. The van der Waals surface area contributed by atoms with Gasteiger partial charge in [-0.2, -0.15) is 0 Å². The SMILES string of the molecule is Cc1ccc2c(COC(=O)C3=Cc4cc(Cl)ccc4OC3)cc(=O)oc2c1. The van der Waals surface area contributed by atoms with Crippen molar-refractivity contribution >= 4 is 34.6 Å². The predicted octanol–water partition coefficient (Wildman–Crippen LogP) is 4.27. The molecule has 0 atom stereocenters. The summed E-state index contributed by atoms with van der Waals surface area (Å²) >= 11 is 5.99. The third-order valence-electron chi connectivity index (χ3n) is 4.29. The van der Waals surface area contributed by atoms with E-state index in [9.17, 15) is 9.59 Å². The highest BCUT2D eigenvalue weighted by Crippen LogP contribution is 2.29. The van der Waals surface area contributed by atoms with Gasteiger partial charge in [0, 0.05) is 27.6 Å². The van der Waals surface area contributed by atoms with Crippen LogP contribution in [-0.2, 0) is 16.1 Å². The van der Waals surface area contributed by atoms with E-state index in [0.717, 1.165) is 16.5 Å². The third kappa shape index (κ3) is 3.59. The Morgan fingerprint density at radius 2 is 2.04 bits per heavy atom. The number of ether oxygens (including phenoxy) is 2. The molecule has 0 radical (unpaired) electrons. The number of esters is 1. The molecule has 6 heteroatoms. The molecule has 0 N–H and O–H groups in total. The van der Waals surface area contributed by atoms with E-state index in [4.69, 9.17) is 25.5 Å². The van der Waals surface area contributed by atoms with Crippen molar-refractivity contribution in [1.82, 2.24) is 0 Å². The van der Waals surface area contributed by atoms with Crippen LogP contribution in [0.15, 0.2) is 57.2 Å². The first-order chi connectivity index (χ1) is 13.0. The van der Waals surface area contributed by atoms with Gasteiger partial charge in [-0.05, 0) is 42.8 Å². The highest BCUT2D eigenvalue weighted by Gasteiger charge is 2.19. The minimum absolute atomic E-state index is 0.0380. The molecule has 1 aliphatic rings. The van der Waals surface area contributed by atoms with Crippen LogP contribution < -0.4 is 10.4 Å². The maximum absolute atomic E-state index is 12.4. The Morgan fingerprint density at radius 1 is 1.19 bits per heavy atom. The first-order valence-electron chi connectivity index (χ1n) is 8.33. The zero-order chi connectivity index (χ0) is 19.0. The summed E-state index contributed by atoms with van der Waals surface area (Å²) in [5.41, 5.74) is 2.66. The minimum atomic E-state index is -0.505. The predicted molar refractivity (Wildman–Crippen MR) is 102 cm³/mol. The highest BCUT2D eigenvalue weighted by molar-refractivity contribution is 6.30. The van der Waals surface area contributed by atoms with Crippen LogP contribution in [0.25, 0.3) is 17.0 Å². The second-order valence-electron chi connectivity index (χ2n) is 6.31. The second-order valence-corrected chi connectivity index (χ2v) is 6.74. The lowest BCUT2D eigenvalue weighted by Crippen LogP contribution is -2.17. The van der Waals surface area contributed by atoms with Crippen molar-refractivity contribution in [2.75, 3.05) is 6.61 Å². The van der Waals surface area contributed by atoms with Crippen molar-refractivity contribution in [3.63, 3.8) is 0 Å². The topological polar surface area (TPSA) is 65.7 Å². The Morgan fingerprint density at radius 3 is 2.89 bits per heavy atom. The molecule has 0 fully saturated rings. The number of fused-ring (bicyclic) bond motifs is 2. The fourth-order valence-corrected chi connectivity index (χ4v) is 3.14. The van der Waals surface area contributed by atoms with Crippen molar-refractivity contribution in [3.8, 4) is 5.75 Å². The first-order valence-corrected chi connectivity index (χ1v) is 8.71. The zero-order valence-corrected chi connectivity index (χ0v) is 15.2. The number of hydrogen-bond acceptors (Lipinski definition) is 5. The van der Waals surface area contributed by atoms with Crippen LogP contribution in [0.4, 0.5) is 0 Å². The van der Waals surface area contributed by atoms with Gasteiger partial charge in [-0.25, -0.2) is 9.59 Å². The number of carbonyl (C=O) groups excluding carboxylic acids is 1. The minimum Gasteiger partial charge on any atom is -0.488 e. The van der Waals surface area contributed by atoms with E-state index in [2.05, 4.69) is 0 Å². The van der Waals surface area contributed by atoms with Gasteiger partial charge in [0.15, 0.2) is 0 Å². The molecule has 136 valence electrons. The van der Waals surface area contributed by atoms with Gasteiger partial charge in [0.2, 0.25) is 0 Å². The molecule has 5 nitrogen and oxygen atoms in total. The molecule has 0 bridgehead atoms. The van der Waals surface area contributed by atoms with Gasteiger partial charge in [0.25, 0.3) is 0 Å². The summed E-state index contributed by atoms with van der Waals surface area (Å²) in [6.07, 6.45) is 1.70. The molecule has 0 aliphatic carbocycles. The van der Waals surface area contributed by atoms with Crippen molar-refractivity contribution in [1.29, 1.82) is 0 Å². The Balaban J connectivity index is 1.57. The summed E-state index contributed by atoms with van der Waals surface area (Å²) in [4.78, 5) is 24.2. The quantitative estimate of drug-likeness (QED) is 0.500. The maximum Gasteiger partial charge on any atom is 0.337 e. The third-order valence-corrected chi connectivity index (χ3v) is 4.53. The highest BCUT2D eigenvalue weighted by atomic mass is 35.5. The van der Waals surface area contributed by atoms with Gasteiger partial charge in [-0.3, -0.25) is 0 Å². The molecule has 2 heterocycles. The first kappa shape index (κ1) is 17.4. The van der Waals surface area contributed by atoms with Crippen LogP contribution >= 0.6 is 11.6 Å². The van der Waals surface area contributed by atoms with Gasteiger partial charge in [0.05, 0.1) is 5.57 Å². The number of benzene rings is 2. The van der Waals surface area contributed by atoms with Crippen LogP contribution in [-0.4, -0.2) is 12.6 Å². The van der Waals surface area contributed by atoms with Gasteiger partial charge in [0.1, 0.15) is 24.5 Å². The van der Waals surface area contributed by atoms with Gasteiger partial charge in [-0.1, -0.05) is 23.7 Å². The Bertz CT molecular complexity index is 1140. The summed E-state index contributed by atoms with van der Waals surface area (Å²) in [6.45, 7) is 1.99. The van der Waals surface area contributed by atoms with Crippen LogP contribution in [0.1, 0.15) is 16.7 Å². The molecular weight excluding hydrogens is 368 g/mol. The van der Waals surface area contributed by atoms with E-state index < -0.39 is 11.6 Å². The van der Waals surface area contributed by atoms with E-state index >= 15 is 0 Å². The second kappa shape index (κ2) is 6.93. The molecule has 0 unspecified atom stereocenters. The van der Waals surface area contributed by atoms with E-state index in [1.165, 1.54) is 6.07 Å². The molecular formula is C21H15ClO5. The molecule has 0 saturated carbocycles. The molecule has 1 aliphatic heterocycles. The maximum atomic E-state index is 12.4. The summed E-state index contributed by atoms with van der Waals surface area (Å²) in [7, 11) is 0. The Labute approximate surface area is 159 Å². The molecule has 1 aromatic heterocycles. The molecule has 3 aromatic rings. The number of carbonyl (C=O) groups is 1. The van der Waals surface area contributed by atoms with Crippen LogP contribution in [0.3, 0.4) is 0 Å². The summed E-state index contributed by atoms with van der Waals surface area (Å²) in [5.74, 6) is 0.159. The Hall–Kier alpha value is -3.05. The number of halogens is 1. The molecule has 4 rings (SSSR count). The van der Waals surface area contributed by atoms with Crippen LogP contribution in [0.2, 0.25) is 5.02 Å². The fraction of sp³-hybridized carbons (Fsp3) is 0.143. The van der Waals surface area contributed by atoms with Crippen LogP contribution in [0, 0.1) is 6.92 Å². The lowest BCUT2D eigenvalue weighted by Gasteiger charge is -2.17. The molecule has 2 aromatic carbocycles. The summed E-state index contributed by atoms with van der Waals surface area (Å²) in [6, 6.07) is 12.1. The van der Waals surface area contributed by atoms with Gasteiger partial charge < -0.3 is 13.9 Å². The standard InChI is InChI=1S/C21H15ClO5/c1-12-2-4-17-14(9-20(23)27-19(17)6-12)10-26-21(24)15-7-13-8-16(22)3-5-18(13)25-11-15/h2-9H,10-11H2,1H3.